The van der Waals surface area contributed by atoms with Crippen LogP contribution < -0.4 is 10.1 Å². The normalized spacial score (nSPS) is 19.1. The van der Waals surface area contributed by atoms with Gasteiger partial charge in [0.25, 0.3) is 0 Å². The van der Waals surface area contributed by atoms with Crippen LogP contribution in [0.5, 0.6) is 5.75 Å². The average molecular weight is 247 g/mol. The molecule has 0 spiro atoms. The van der Waals surface area contributed by atoms with Gasteiger partial charge in [-0.2, -0.15) is 0 Å². The minimum Gasteiger partial charge on any atom is -0.496 e. The summed E-state index contributed by atoms with van der Waals surface area (Å²) in [5.41, 5.74) is 1.82. The number of hydrogen-bond donors (Lipinski definition) is 1. The standard InChI is InChI=1S/C16H25NO/c1-4-16(10-7-11-16)12-17-13(2)14-8-5-6-9-15(14)18-3/h5-6,8-9,13,17H,4,7,10-12H2,1-3H3. The molecule has 1 fully saturated rings. The molecular weight excluding hydrogens is 222 g/mol. The summed E-state index contributed by atoms with van der Waals surface area (Å²) in [4.78, 5) is 0. The van der Waals surface area contributed by atoms with Gasteiger partial charge >= 0.3 is 0 Å². The summed E-state index contributed by atoms with van der Waals surface area (Å²) in [5, 5.41) is 3.69. The van der Waals surface area contributed by atoms with E-state index in [4.69, 9.17) is 4.74 Å². The minimum absolute atomic E-state index is 0.352. The van der Waals surface area contributed by atoms with Crippen LogP contribution in [0.25, 0.3) is 0 Å². The van der Waals surface area contributed by atoms with E-state index in [2.05, 4.69) is 31.3 Å². The summed E-state index contributed by atoms with van der Waals surface area (Å²) >= 11 is 0. The fraction of sp³-hybridized carbons (Fsp3) is 0.625. The van der Waals surface area contributed by atoms with Gasteiger partial charge in [0.15, 0.2) is 0 Å². The van der Waals surface area contributed by atoms with Gasteiger partial charge in [0.1, 0.15) is 5.75 Å². The van der Waals surface area contributed by atoms with E-state index in [0.717, 1.165) is 12.3 Å². The summed E-state index contributed by atoms with van der Waals surface area (Å²) in [6.45, 7) is 5.66. The maximum Gasteiger partial charge on any atom is 0.123 e. The highest BCUT2D eigenvalue weighted by Crippen LogP contribution is 2.43. The van der Waals surface area contributed by atoms with Crippen molar-refractivity contribution >= 4 is 0 Å². The Balaban J connectivity index is 1.97. The first-order chi connectivity index (χ1) is 8.71. The van der Waals surface area contributed by atoms with Crippen molar-refractivity contribution < 1.29 is 4.74 Å². The highest BCUT2D eigenvalue weighted by atomic mass is 16.5. The molecule has 1 aliphatic carbocycles. The molecule has 0 aromatic heterocycles. The van der Waals surface area contributed by atoms with E-state index >= 15 is 0 Å². The number of para-hydroxylation sites is 1. The van der Waals surface area contributed by atoms with Crippen molar-refractivity contribution in [1.82, 2.24) is 5.32 Å². The predicted octanol–water partition coefficient (Wildman–Crippen LogP) is 3.93. The first-order valence-corrected chi connectivity index (χ1v) is 7.07. The molecule has 0 saturated heterocycles. The number of benzene rings is 1. The highest BCUT2D eigenvalue weighted by Gasteiger charge is 2.34. The van der Waals surface area contributed by atoms with Crippen LogP contribution >= 0.6 is 0 Å². The number of rotatable bonds is 6. The fourth-order valence-electron chi connectivity index (χ4n) is 2.84. The molecule has 1 saturated carbocycles. The Morgan fingerprint density at radius 1 is 1.33 bits per heavy atom. The Morgan fingerprint density at radius 2 is 2.06 bits per heavy atom. The second-order valence-electron chi connectivity index (χ2n) is 5.55. The average Bonchev–Trinajstić information content (AvgIpc) is 2.37. The molecule has 2 rings (SSSR count). The van der Waals surface area contributed by atoms with Crippen LogP contribution in [0.15, 0.2) is 24.3 Å². The van der Waals surface area contributed by atoms with Crippen LogP contribution in [0.3, 0.4) is 0 Å². The number of nitrogens with one attached hydrogen (secondary N) is 1. The maximum absolute atomic E-state index is 5.43. The Hall–Kier alpha value is -1.02. The van der Waals surface area contributed by atoms with Gasteiger partial charge in [-0.05, 0) is 37.7 Å². The van der Waals surface area contributed by atoms with Crippen molar-refractivity contribution in [2.24, 2.45) is 5.41 Å². The summed E-state index contributed by atoms with van der Waals surface area (Å²) in [6, 6.07) is 8.64. The highest BCUT2D eigenvalue weighted by molar-refractivity contribution is 5.35. The van der Waals surface area contributed by atoms with E-state index < -0.39 is 0 Å². The zero-order valence-corrected chi connectivity index (χ0v) is 11.8. The summed E-state index contributed by atoms with van der Waals surface area (Å²) in [6.07, 6.45) is 5.46. The number of ether oxygens (including phenoxy) is 1. The monoisotopic (exact) mass is 247 g/mol. The largest absolute Gasteiger partial charge is 0.496 e. The minimum atomic E-state index is 0.352. The van der Waals surface area contributed by atoms with Crippen LogP contribution in [0, 0.1) is 5.41 Å². The van der Waals surface area contributed by atoms with E-state index in [9.17, 15) is 0 Å². The van der Waals surface area contributed by atoms with Crippen LogP contribution in [-0.4, -0.2) is 13.7 Å². The summed E-state index contributed by atoms with van der Waals surface area (Å²) in [5.74, 6) is 0.983. The molecule has 0 bridgehead atoms. The smallest absolute Gasteiger partial charge is 0.123 e. The number of methoxy groups -OCH3 is 1. The Bertz CT molecular complexity index is 379. The van der Waals surface area contributed by atoms with Gasteiger partial charge in [-0.1, -0.05) is 31.5 Å². The lowest BCUT2D eigenvalue weighted by Gasteiger charge is -2.42. The van der Waals surface area contributed by atoms with Crippen LogP contribution in [0.2, 0.25) is 0 Å². The van der Waals surface area contributed by atoms with E-state index in [0.29, 0.717) is 11.5 Å². The lowest BCUT2D eigenvalue weighted by Crippen LogP contribution is -2.40. The molecule has 0 amide bonds. The van der Waals surface area contributed by atoms with E-state index in [1.54, 1.807) is 7.11 Å². The Morgan fingerprint density at radius 3 is 2.61 bits per heavy atom. The number of hydrogen-bond acceptors (Lipinski definition) is 2. The lowest BCUT2D eigenvalue weighted by molar-refractivity contribution is 0.120. The first-order valence-electron chi connectivity index (χ1n) is 7.07. The molecule has 1 aromatic rings. The van der Waals surface area contributed by atoms with Gasteiger partial charge < -0.3 is 10.1 Å². The second kappa shape index (κ2) is 5.75. The second-order valence-corrected chi connectivity index (χ2v) is 5.55. The molecule has 0 heterocycles. The molecule has 2 heteroatoms. The van der Waals surface area contributed by atoms with Crippen LogP contribution in [-0.2, 0) is 0 Å². The van der Waals surface area contributed by atoms with Crippen molar-refractivity contribution in [2.75, 3.05) is 13.7 Å². The zero-order chi connectivity index (χ0) is 13.0. The van der Waals surface area contributed by atoms with Gasteiger partial charge in [-0.3, -0.25) is 0 Å². The van der Waals surface area contributed by atoms with Crippen LogP contribution in [0.1, 0.15) is 51.1 Å². The van der Waals surface area contributed by atoms with Gasteiger partial charge in [-0.25, -0.2) is 0 Å². The van der Waals surface area contributed by atoms with Gasteiger partial charge in [0.05, 0.1) is 7.11 Å². The molecule has 1 aliphatic rings. The molecule has 0 aliphatic heterocycles. The molecule has 1 N–H and O–H groups in total. The van der Waals surface area contributed by atoms with E-state index in [1.165, 1.54) is 31.2 Å². The van der Waals surface area contributed by atoms with Gasteiger partial charge in [0.2, 0.25) is 0 Å². The first kappa shape index (κ1) is 13.4. The third-order valence-corrected chi connectivity index (χ3v) is 4.55. The van der Waals surface area contributed by atoms with Crippen LogP contribution in [0.4, 0.5) is 0 Å². The predicted molar refractivity (Wildman–Crippen MR) is 76.0 cm³/mol. The molecule has 18 heavy (non-hydrogen) atoms. The molecular formula is C16H25NO. The third-order valence-electron chi connectivity index (χ3n) is 4.55. The van der Waals surface area contributed by atoms with Crippen molar-refractivity contribution in [3.8, 4) is 5.75 Å². The van der Waals surface area contributed by atoms with Gasteiger partial charge in [-0.15, -0.1) is 0 Å². The maximum atomic E-state index is 5.43. The molecule has 1 unspecified atom stereocenters. The van der Waals surface area contributed by atoms with Gasteiger partial charge in [0, 0.05) is 18.2 Å². The quantitative estimate of drug-likeness (QED) is 0.822. The zero-order valence-electron chi connectivity index (χ0n) is 11.8. The SMILES string of the molecule is CCC1(CNC(C)c2ccccc2OC)CCC1. The van der Waals surface area contributed by atoms with Crippen molar-refractivity contribution in [2.45, 2.75) is 45.6 Å². The third kappa shape index (κ3) is 2.69. The summed E-state index contributed by atoms with van der Waals surface area (Å²) < 4.78 is 5.43. The van der Waals surface area contributed by atoms with Crippen molar-refractivity contribution in [1.29, 1.82) is 0 Å². The van der Waals surface area contributed by atoms with Crippen molar-refractivity contribution in [3.63, 3.8) is 0 Å². The molecule has 2 nitrogen and oxygen atoms in total. The topological polar surface area (TPSA) is 21.3 Å². The fourth-order valence-corrected chi connectivity index (χ4v) is 2.84. The molecule has 0 radical (unpaired) electrons. The van der Waals surface area contributed by atoms with E-state index in [1.807, 2.05) is 12.1 Å². The Labute approximate surface area is 111 Å². The summed E-state index contributed by atoms with van der Waals surface area (Å²) in [7, 11) is 1.74. The lowest BCUT2D eigenvalue weighted by atomic mass is 9.67. The molecule has 1 atom stereocenters. The Kier molecular flexibility index (Phi) is 4.28. The van der Waals surface area contributed by atoms with E-state index in [-0.39, 0.29) is 0 Å². The molecule has 100 valence electrons. The molecule has 1 aromatic carbocycles. The van der Waals surface area contributed by atoms with Crippen molar-refractivity contribution in [3.05, 3.63) is 29.8 Å².